The maximum atomic E-state index is 13.6. The van der Waals surface area contributed by atoms with Gasteiger partial charge in [-0.05, 0) is 37.1 Å². The van der Waals surface area contributed by atoms with Gasteiger partial charge in [0.2, 0.25) is 5.95 Å². The van der Waals surface area contributed by atoms with Crippen LogP contribution >= 0.6 is 0 Å². The third-order valence-corrected chi connectivity index (χ3v) is 5.30. The number of aryl methyl sites for hydroxylation is 1. The number of aromatic nitrogens is 4. The lowest BCUT2D eigenvalue weighted by Gasteiger charge is -2.17. The van der Waals surface area contributed by atoms with Crippen molar-refractivity contribution in [2.24, 2.45) is 0 Å². The van der Waals surface area contributed by atoms with Crippen LogP contribution < -0.4 is 5.32 Å². The highest BCUT2D eigenvalue weighted by Crippen LogP contribution is 2.31. The summed E-state index contributed by atoms with van der Waals surface area (Å²) in [4.78, 5) is 20.2. The number of benzene rings is 1. The first-order chi connectivity index (χ1) is 16.7. The number of nitrogens with zero attached hydrogens (tertiary/aromatic N) is 4. The number of hydrogen-bond donors (Lipinski definition) is 4. The summed E-state index contributed by atoms with van der Waals surface area (Å²) in [6, 6.07) is 7.73. The van der Waals surface area contributed by atoms with Gasteiger partial charge < -0.3 is 20.6 Å². The number of nitrogens with one attached hydrogen (secondary N) is 1. The topological polar surface area (TPSA) is 133 Å². The summed E-state index contributed by atoms with van der Waals surface area (Å²) in [5, 5.41) is 36.5. The van der Waals surface area contributed by atoms with Crippen molar-refractivity contribution in [3.8, 4) is 11.3 Å². The maximum absolute atomic E-state index is 13.6. The van der Waals surface area contributed by atoms with Gasteiger partial charge in [-0.1, -0.05) is 26.0 Å². The lowest BCUT2D eigenvalue weighted by molar-refractivity contribution is -0.139. The Balaban J connectivity index is 2.04. The largest absolute Gasteiger partial charge is 0.481 e. The van der Waals surface area contributed by atoms with Gasteiger partial charge in [-0.3, -0.25) is 4.79 Å². The van der Waals surface area contributed by atoms with Crippen molar-refractivity contribution >= 4 is 23.8 Å². The molecule has 10 heteroatoms. The van der Waals surface area contributed by atoms with Gasteiger partial charge in [0.25, 0.3) is 0 Å². The number of hydrogen-bond acceptors (Lipinski definition) is 7. The molecule has 2 atom stereocenters. The Kier molecular flexibility index (Phi) is 8.67. The molecule has 1 aromatic carbocycles. The van der Waals surface area contributed by atoms with Gasteiger partial charge in [-0.25, -0.2) is 19.0 Å². The molecule has 9 nitrogen and oxygen atoms in total. The fourth-order valence-electron chi connectivity index (χ4n) is 3.63. The molecule has 0 amide bonds. The summed E-state index contributed by atoms with van der Waals surface area (Å²) in [6.45, 7) is 6.57. The fourth-order valence-corrected chi connectivity index (χ4v) is 3.63. The zero-order valence-corrected chi connectivity index (χ0v) is 19.9. The number of carboxylic acid groups (broad SMARTS) is 1. The molecule has 0 spiro atoms. The van der Waals surface area contributed by atoms with Crippen LogP contribution in [0.3, 0.4) is 0 Å². The molecule has 0 saturated heterocycles. The van der Waals surface area contributed by atoms with Gasteiger partial charge in [0.1, 0.15) is 11.6 Å². The van der Waals surface area contributed by atoms with Crippen LogP contribution in [0.2, 0.25) is 0 Å². The molecular formula is C25H30FN5O4. The SMILES string of the molecule is CCn1nccc1Nc1nc(-c2ccc(F)cc2)c(C=C[C@@H](O)C[C@@H](O)CC(=O)O)c(C(C)C)n1. The summed E-state index contributed by atoms with van der Waals surface area (Å²) in [5.41, 5.74) is 2.51. The highest BCUT2D eigenvalue weighted by molar-refractivity contribution is 5.75. The van der Waals surface area contributed by atoms with Gasteiger partial charge in [0, 0.05) is 30.2 Å². The summed E-state index contributed by atoms with van der Waals surface area (Å²) in [6.07, 6.45) is 1.96. The van der Waals surface area contributed by atoms with E-state index in [0.29, 0.717) is 35.0 Å². The molecule has 4 N–H and O–H groups in total. The van der Waals surface area contributed by atoms with Gasteiger partial charge >= 0.3 is 5.97 Å². The molecule has 0 unspecified atom stereocenters. The van der Waals surface area contributed by atoms with Crippen LogP contribution in [0.4, 0.5) is 16.2 Å². The predicted molar refractivity (Wildman–Crippen MR) is 131 cm³/mol. The Labute approximate surface area is 203 Å². The van der Waals surface area contributed by atoms with E-state index < -0.39 is 24.6 Å². The lowest BCUT2D eigenvalue weighted by atomic mass is 9.97. The summed E-state index contributed by atoms with van der Waals surface area (Å²) >= 11 is 0. The van der Waals surface area contributed by atoms with Gasteiger partial charge in [-0.2, -0.15) is 5.10 Å². The van der Waals surface area contributed by atoms with E-state index in [4.69, 9.17) is 15.1 Å². The second-order valence-electron chi connectivity index (χ2n) is 8.43. The minimum absolute atomic E-state index is 0.0248. The normalized spacial score (nSPS) is 13.3. The second kappa shape index (κ2) is 11.7. The molecular weight excluding hydrogens is 453 g/mol. The average Bonchev–Trinajstić information content (AvgIpc) is 3.24. The van der Waals surface area contributed by atoms with Crippen LogP contribution in [0.1, 0.15) is 50.8 Å². The first-order valence-electron chi connectivity index (χ1n) is 11.4. The van der Waals surface area contributed by atoms with E-state index in [2.05, 4.69) is 10.4 Å². The Morgan fingerprint density at radius 2 is 1.89 bits per heavy atom. The Morgan fingerprint density at radius 3 is 2.51 bits per heavy atom. The molecule has 0 fully saturated rings. The third kappa shape index (κ3) is 6.93. The number of aliphatic carboxylic acids is 1. The molecule has 186 valence electrons. The molecule has 0 bridgehead atoms. The van der Waals surface area contributed by atoms with Gasteiger partial charge in [-0.15, -0.1) is 0 Å². The van der Waals surface area contributed by atoms with E-state index in [1.165, 1.54) is 18.2 Å². The molecule has 0 aliphatic rings. The minimum Gasteiger partial charge on any atom is -0.481 e. The molecule has 3 rings (SSSR count). The predicted octanol–water partition coefficient (Wildman–Crippen LogP) is 3.97. The zero-order valence-electron chi connectivity index (χ0n) is 19.9. The smallest absolute Gasteiger partial charge is 0.305 e. The molecule has 2 heterocycles. The molecule has 0 saturated carbocycles. The molecule has 2 aromatic heterocycles. The van der Waals surface area contributed by atoms with E-state index in [9.17, 15) is 19.4 Å². The maximum Gasteiger partial charge on any atom is 0.305 e. The molecule has 0 aliphatic heterocycles. The number of carbonyl (C=O) groups is 1. The Bertz CT molecular complexity index is 1180. The van der Waals surface area contributed by atoms with Crippen LogP contribution in [0.15, 0.2) is 42.6 Å². The second-order valence-corrected chi connectivity index (χ2v) is 8.43. The summed E-state index contributed by atoms with van der Waals surface area (Å²) < 4.78 is 15.4. The van der Waals surface area contributed by atoms with E-state index >= 15 is 0 Å². The van der Waals surface area contributed by atoms with Crippen LogP contribution in [0.25, 0.3) is 17.3 Å². The van der Waals surface area contributed by atoms with E-state index in [-0.39, 0.29) is 18.2 Å². The summed E-state index contributed by atoms with van der Waals surface area (Å²) in [5.74, 6) is -0.480. The standard InChI is InChI=1S/C25H30FN5O4/c1-4-31-21(11-12-27-31)28-25-29-23(15(2)3)20(10-9-18(32)13-19(33)14-22(34)35)24(30-25)16-5-7-17(26)8-6-16/h5-12,15,18-19,32-33H,4,13-14H2,1-3H3,(H,34,35)(H,28,29,30)/t18-,19-/m1/s1. The van der Waals surface area contributed by atoms with Crippen molar-refractivity contribution in [1.29, 1.82) is 0 Å². The molecule has 0 radical (unpaired) electrons. The Hall–Kier alpha value is -3.63. The highest BCUT2D eigenvalue weighted by atomic mass is 19.1. The van der Waals surface area contributed by atoms with Crippen molar-refractivity contribution < 1.29 is 24.5 Å². The fraction of sp³-hybridized carbons (Fsp3) is 0.360. The van der Waals surface area contributed by atoms with E-state index in [1.54, 1.807) is 29.1 Å². The van der Waals surface area contributed by atoms with Gasteiger partial charge in [0.15, 0.2) is 0 Å². The minimum atomic E-state index is -1.18. The highest BCUT2D eigenvalue weighted by Gasteiger charge is 2.19. The zero-order chi connectivity index (χ0) is 25.5. The first-order valence-corrected chi connectivity index (χ1v) is 11.4. The molecule has 35 heavy (non-hydrogen) atoms. The van der Waals surface area contributed by atoms with Crippen LogP contribution in [-0.4, -0.2) is 53.2 Å². The van der Waals surface area contributed by atoms with E-state index in [1.807, 2.05) is 26.8 Å². The molecule has 3 aromatic rings. The monoisotopic (exact) mass is 483 g/mol. The Morgan fingerprint density at radius 1 is 1.17 bits per heavy atom. The number of aliphatic hydroxyl groups excluding tert-OH is 2. The van der Waals surface area contributed by atoms with Crippen molar-refractivity contribution in [1.82, 2.24) is 19.7 Å². The first kappa shape index (κ1) is 26.0. The van der Waals surface area contributed by atoms with Crippen molar-refractivity contribution in [3.63, 3.8) is 0 Å². The third-order valence-electron chi connectivity index (χ3n) is 5.30. The van der Waals surface area contributed by atoms with E-state index in [0.717, 1.165) is 5.82 Å². The van der Waals surface area contributed by atoms with Crippen molar-refractivity contribution in [3.05, 3.63) is 59.7 Å². The quantitative estimate of drug-likeness (QED) is 0.322. The summed E-state index contributed by atoms with van der Waals surface area (Å²) in [7, 11) is 0. The number of aliphatic hydroxyl groups is 2. The van der Waals surface area contributed by atoms with Gasteiger partial charge in [0.05, 0.1) is 36.2 Å². The van der Waals surface area contributed by atoms with Crippen molar-refractivity contribution in [2.75, 3.05) is 5.32 Å². The number of rotatable bonds is 11. The number of halogens is 1. The van der Waals surface area contributed by atoms with Crippen LogP contribution in [0, 0.1) is 5.82 Å². The van der Waals surface area contributed by atoms with Crippen LogP contribution in [-0.2, 0) is 11.3 Å². The lowest BCUT2D eigenvalue weighted by Crippen LogP contribution is -2.19. The molecule has 0 aliphatic carbocycles. The average molecular weight is 484 g/mol. The number of anilines is 2. The van der Waals surface area contributed by atoms with Crippen molar-refractivity contribution in [2.45, 2.75) is 58.3 Å². The number of carboxylic acids is 1. The van der Waals surface area contributed by atoms with Crippen LogP contribution in [0.5, 0.6) is 0 Å².